The summed E-state index contributed by atoms with van der Waals surface area (Å²) in [6, 6.07) is 7.14. The van der Waals surface area contributed by atoms with Gasteiger partial charge in [0.2, 0.25) is 0 Å². The zero-order valence-electron chi connectivity index (χ0n) is 13.6. The zero-order chi connectivity index (χ0) is 17.6. The highest BCUT2D eigenvalue weighted by Gasteiger charge is 2.39. The SMILES string of the molecule is COc1cccc2cc(C(=O)N3CC(CN4C(=O)COC4=O)C3)oc12. The third-order valence-corrected chi connectivity index (χ3v) is 4.46. The second kappa shape index (κ2) is 5.80. The zero-order valence-corrected chi connectivity index (χ0v) is 13.6. The Morgan fingerprint density at radius 3 is 2.80 bits per heavy atom. The molecule has 0 spiro atoms. The average Bonchev–Trinajstić information content (AvgIpc) is 3.14. The molecule has 8 nitrogen and oxygen atoms in total. The molecule has 1 aromatic heterocycles. The third-order valence-electron chi connectivity index (χ3n) is 4.46. The molecule has 25 heavy (non-hydrogen) atoms. The fraction of sp³-hybridized carbons (Fsp3) is 0.353. The number of methoxy groups -OCH3 is 1. The number of ether oxygens (including phenoxy) is 2. The highest BCUT2D eigenvalue weighted by Crippen LogP contribution is 2.30. The van der Waals surface area contributed by atoms with E-state index >= 15 is 0 Å². The Balaban J connectivity index is 1.42. The molecule has 0 unspecified atom stereocenters. The second-order valence-corrected chi connectivity index (χ2v) is 6.12. The highest BCUT2D eigenvalue weighted by atomic mass is 16.6. The van der Waals surface area contributed by atoms with E-state index in [-0.39, 0.29) is 36.6 Å². The van der Waals surface area contributed by atoms with Crippen molar-refractivity contribution in [3.8, 4) is 5.75 Å². The minimum atomic E-state index is -0.612. The first-order valence-corrected chi connectivity index (χ1v) is 7.89. The first kappa shape index (κ1) is 15.5. The summed E-state index contributed by atoms with van der Waals surface area (Å²) in [5, 5.41) is 0.796. The third kappa shape index (κ3) is 2.59. The molecule has 3 amide bonds. The molecule has 4 rings (SSSR count). The maximum Gasteiger partial charge on any atom is 0.417 e. The van der Waals surface area contributed by atoms with Gasteiger partial charge >= 0.3 is 6.09 Å². The van der Waals surface area contributed by atoms with Crippen molar-refractivity contribution in [3.05, 3.63) is 30.0 Å². The van der Waals surface area contributed by atoms with Crippen molar-refractivity contribution in [1.82, 2.24) is 9.80 Å². The molecule has 2 fully saturated rings. The Morgan fingerprint density at radius 2 is 2.12 bits per heavy atom. The van der Waals surface area contributed by atoms with E-state index in [0.717, 1.165) is 10.3 Å². The molecule has 2 aliphatic rings. The molecule has 0 aliphatic carbocycles. The number of benzene rings is 1. The number of furan rings is 1. The number of para-hydroxylation sites is 1. The molecular weight excluding hydrogens is 328 g/mol. The Hall–Kier alpha value is -3.03. The van der Waals surface area contributed by atoms with E-state index in [0.29, 0.717) is 24.4 Å². The van der Waals surface area contributed by atoms with E-state index in [1.54, 1.807) is 24.1 Å². The summed E-state index contributed by atoms with van der Waals surface area (Å²) in [4.78, 5) is 38.2. The van der Waals surface area contributed by atoms with Crippen LogP contribution in [0.25, 0.3) is 11.0 Å². The van der Waals surface area contributed by atoms with Crippen molar-refractivity contribution < 1.29 is 28.3 Å². The number of amides is 3. The van der Waals surface area contributed by atoms with Crippen LogP contribution in [0.5, 0.6) is 5.75 Å². The molecule has 2 aromatic rings. The van der Waals surface area contributed by atoms with Crippen LogP contribution in [-0.2, 0) is 9.53 Å². The maximum absolute atomic E-state index is 12.5. The largest absolute Gasteiger partial charge is 0.493 e. The van der Waals surface area contributed by atoms with E-state index < -0.39 is 6.09 Å². The van der Waals surface area contributed by atoms with Crippen molar-refractivity contribution in [3.63, 3.8) is 0 Å². The topological polar surface area (TPSA) is 89.3 Å². The van der Waals surface area contributed by atoms with Crippen LogP contribution in [0.4, 0.5) is 4.79 Å². The summed E-state index contributed by atoms with van der Waals surface area (Å²) in [6.07, 6.45) is -0.612. The van der Waals surface area contributed by atoms with Crippen LogP contribution in [-0.4, -0.2) is 61.1 Å². The van der Waals surface area contributed by atoms with Gasteiger partial charge in [-0.25, -0.2) is 9.69 Å². The number of carbonyl (C=O) groups excluding carboxylic acids is 3. The predicted octanol–water partition coefficient (Wildman–Crippen LogP) is 1.49. The summed E-state index contributed by atoms with van der Waals surface area (Å²) in [5.74, 6) is 0.320. The van der Waals surface area contributed by atoms with Crippen molar-refractivity contribution in [2.75, 3.05) is 33.4 Å². The van der Waals surface area contributed by atoms with Gasteiger partial charge in [-0.2, -0.15) is 0 Å². The standard InChI is InChI=1S/C17H16N2O6/c1-23-12-4-2-3-11-5-13(25-15(11)12)16(21)18-6-10(7-18)8-19-14(20)9-24-17(19)22/h2-5,10H,6-9H2,1H3. The monoisotopic (exact) mass is 344 g/mol. The summed E-state index contributed by atoms with van der Waals surface area (Å²) >= 11 is 0. The Kier molecular flexibility index (Phi) is 3.60. The van der Waals surface area contributed by atoms with Crippen molar-refractivity contribution in [1.29, 1.82) is 0 Å². The number of fused-ring (bicyclic) bond motifs is 1. The number of imide groups is 1. The van der Waals surface area contributed by atoms with Crippen LogP contribution in [0.2, 0.25) is 0 Å². The molecule has 3 heterocycles. The number of hydrogen-bond acceptors (Lipinski definition) is 6. The normalized spacial score (nSPS) is 17.8. The smallest absolute Gasteiger partial charge is 0.417 e. The number of cyclic esters (lactones) is 1. The minimum absolute atomic E-state index is 0.0532. The highest BCUT2D eigenvalue weighted by molar-refractivity contribution is 5.98. The molecule has 0 atom stereocenters. The molecule has 2 saturated heterocycles. The molecule has 8 heteroatoms. The number of hydrogen-bond donors (Lipinski definition) is 0. The number of nitrogens with zero attached hydrogens (tertiary/aromatic N) is 2. The molecule has 1 aromatic carbocycles. The van der Waals surface area contributed by atoms with Gasteiger partial charge < -0.3 is 18.8 Å². The van der Waals surface area contributed by atoms with Crippen molar-refractivity contribution in [2.24, 2.45) is 5.92 Å². The summed E-state index contributed by atoms with van der Waals surface area (Å²) in [7, 11) is 1.55. The molecular formula is C17H16N2O6. The Bertz CT molecular complexity index is 851. The van der Waals surface area contributed by atoms with Gasteiger partial charge in [-0.3, -0.25) is 9.59 Å². The van der Waals surface area contributed by atoms with Gasteiger partial charge in [0.1, 0.15) is 0 Å². The van der Waals surface area contributed by atoms with Gasteiger partial charge in [0.15, 0.2) is 23.7 Å². The van der Waals surface area contributed by atoms with Crippen molar-refractivity contribution >= 4 is 28.9 Å². The fourth-order valence-corrected chi connectivity index (χ4v) is 3.13. The summed E-state index contributed by atoms with van der Waals surface area (Å²) in [6.45, 7) is 0.999. The van der Waals surface area contributed by atoms with Crippen molar-refractivity contribution in [2.45, 2.75) is 0 Å². The maximum atomic E-state index is 12.5. The molecule has 130 valence electrons. The van der Waals surface area contributed by atoms with Crippen LogP contribution >= 0.6 is 0 Å². The molecule has 0 bridgehead atoms. The average molecular weight is 344 g/mol. The van der Waals surface area contributed by atoms with Crippen LogP contribution in [0.1, 0.15) is 10.6 Å². The lowest BCUT2D eigenvalue weighted by molar-refractivity contribution is -0.126. The summed E-state index contributed by atoms with van der Waals surface area (Å²) in [5.41, 5.74) is 0.538. The number of carbonyl (C=O) groups is 3. The molecule has 2 aliphatic heterocycles. The van der Waals surface area contributed by atoms with Crippen LogP contribution < -0.4 is 4.74 Å². The lowest BCUT2D eigenvalue weighted by Crippen LogP contribution is -2.54. The van der Waals surface area contributed by atoms with Crippen LogP contribution in [0.3, 0.4) is 0 Å². The first-order valence-electron chi connectivity index (χ1n) is 7.89. The lowest BCUT2D eigenvalue weighted by atomic mass is 9.99. The molecule has 0 radical (unpaired) electrons. The quantitative estimate of drug-likeness (QED) is 0.835. The van der Waals surface area contributed by atoms with E-state index in [1.165, 1.54) is 0 Å². The first-order chi connectivity index (χ1) is 12.1. The lowest BCUT2D eigenvalue weighted by Gasteiger charge is -2.39. The van der Waals surface area contributed by atoms with E-state index in [2.05, 4.69) is 4.74 Å². The number of likely N-dealkylation sites (tertiary alicyclic amines) is 1. The van der Waals surface area contributed by atoms with Gasteiger partial charge in [0.05, 0.1) is 7.11 Å². The second-order valence-electron chi connectivity index (χ2n) is 6.12. The van der Waals surface area contributed by atoms with Crippen LogP contribution in [0.15, 0.2) is 28.7 Å². The van der Waals surface area contributed by atoms with Gasteiger partial charge in [0.25, 0.3) is 11.8 Å². The van der Waals surface area contributed by atoms with E-state index in [9.17, 15) is 14.4 Å². The fourth-order valence-electron chi connectivity index (χ4n) is 3.13. The van der Waals surface area contributed by atoms with E-state index in [1.807, 2.05) is 12.1 Å². The Morgan fingerprint density at radius 1 is 1.32 bits per heavy atom. The Labute approximate surface area is 142 Å². The molecule has 0 saturated carbocycles. The minimum Gasteiger partial charge on any atom is -0.493 e. The van der Waals surface area contributed by atoms with Gasteiger partial charge in [-0.1, -0.05) is 12.1 Å². The predicted molar refractivity (Wildman–Crippen MR) is 85.2 cm³/mol. The van der Waals surface area contributed by atoms with Crippen LogP contribution in [0, 0.1) is 5.92 Å². The van der Waals surface area contributed by atoms with Gasteiger partial charge in [0, 0.05) is 30.9 Å². The summed E-state index contributed by atoms with van der Waals surface area (Å²) < 4.78 is 15.6. The van der Waals surface area contributed by atoms with Gasteiger partial charge in [-0.05, 0) is 12.1 Å². The van der Waals surface area contributed by atoms with Gasteiger partial charge in [-0.15, -0.1) is 0 Å². The number of rotatable bonds is 4. The molecule has 0 N–H and O–H groups in total. The van der Waals surface area contributed by atoms with E-state index in [4.69, 9.17) is 9.15 Å².